The number of nitrogens with zero attached hydrogens (tertiary/aromatic N) is 6. The van der Waals surface area contributed by atoms with Gasteiger partial charge in [0.15, 0.2) is 5.82 Å². The molecule has 0 saturated carbocycles. The maximum atomic E-state index is 14.8. The third-order valence-corrected chi connectivity index (χ3v) is 7.03. The first-order valence-electron chi connectivity index (χ1n) is 11.0. The van der Waals surface area contributed by atoms with Gasteiger partial charge < -0.3 is 9.80 Å². The first-order chi connectivity index (χ1) is 15.7. The molecular weight excluding hydrogens is 423 g/mol. The molecule has 0 N–H and O–H groups in total. The van der Waals surface area contributed by atoms with Crippen LogP contribution in [0.4, 0.5) is 4.39 Å². The fraction of sp³-hybridized carbons (Fsp3) is 0.375. The summed E-state index contributed by atoms with van der Waals surface area (Å²) in [6.45, 7) is 5.66. The molecule has 1 fully saturated rings. The Morgan fingerprint density at radius 1 is 1.00 bits per heavy atom. The zero-order valence-corrected chi connectivity index (χ0v) is 19.3. The van der Waals surface area contributed by atoms with Crippen molar-refractivity contribution in [3.63, 3.8) is 0 Å². The minimum atomic E-state index is -0.263. The molecular formula is C24H27FN6S. The zero-order valence-electron chi connectivity index (χ0n) is 18.5. The molecule has 0 radical (unpaired) electrons. The summed E-state index contributed by atoms with van der Waals surface area (Å²) in [6, 6.07) is 13.0. The van der Waals surface area contributed by atoms with Gasteiger partial charge in [-0.2, -0.15) is 0 Å². The van der Waals surface area contributed by atoms with Crippen molar-refractivity contribution in [3.8, 4) is 5.69 Å². The molecule has 8 heteroatoms. The predicted octanol–water partition coefficient (Wildman–Crippen LogP) is 3.27. The molecule has 32 heavy (non-hydrogen) atoms. The van der Waals surface area contributed by atoms with E-state index in [0.29, 0.717) is 17.8 Å². The number of rotatable bonds is 5. The van der Waals surface area contributed by atoms with Crippen molar-refractivity contribution < 1.29 is 4.39 Å². The van der Waals surface area contributed by atoms with Crippen molar-refractivity contribution in [2.75, 3.05) is 46.0 Å². The van der Waals surface area contributed by atoms with E-state index in [1.165, 1.54) is 6.07 Å². The fourth-order valence-corrected chi connectivity index (χ4v) is 5.06. The summed E-state index contributed by atoms with van der Waals surface area (Å²) in [5.41, 5.74) is 3.13. The van der Waals surface area contributed by atoms with Gasteiger partial charge in [-0.1, -0.05) is 18.2 Å². The molecule has 6 nitrogen and oxygen atoms in total. The van der Waals surface area contributed by atoms with E-state index in [9.17, 15) is 4.39 Å². The van der Waals surface area contributed by atoms with Crippen LogP contribution in [0.2, 0.25) is 0 Å². The van der Waals surface area contributed by atoms with Gasteiger partial charge in [0.1, 0.15) is 18.2 Å². The van der Waals surface area contributed by atoms with Crippen molar-refractivity contribution in [3.05, 3.63) is 71.1 Å². The van der Waals surface area contributed by atoms with Crippen LogP contribution in [0.5, 0.6) is 0 Å². The van der Waals surface area contributed by atoms with Gasteiger partial charge in [-0.25, -0.2) is 4.39 Å². The Morgan fingerprint density at radius 2 is 1.81 bits per heavy atom. The van der Waals surface area contributed by atoms with Gasteiger partial charge in [0.05, 0.1) is 11.4 Å². The maximum Gasteiger partial charge on any atom is 0.159 e. The van der Waals surface area contributed by atoms with E-state index in [0.717, 1.165) is 66.9 Å². The Labute approximate surface area is 192 Å². The summed E-state index contributed by atoms with van der Waals surface area (Å²) in [5.74, 6) is 1.47. The summed E-state index contributed by atoms with van der Waals surface area (Å²) in [6.07, 6.45) is 2.86. The Balaban J connectivity index is 1.54. The number of fused-ring (bicyclic) bond motifs is 3. The van der Waals surface area contributed by atoms with Crippen molar-refractivity contribution in [1.82, 2.24) is 24.6 Å². The molecule has 5 rings (SSSR count). The molecule has 0 spiro atoms. The van der Waals surface area contributed by atoms with Crippen LogP contribution in [0.1, 0.15) is 22.8 Å². The van der Waals surface area contributed by atoms with E-state index in [2.05, 4.69) is 43.7 Å². The van der Waals surface area contributed by atoms with Crippen LogP contribution in [0, 0.1) is 5.82 Å². The minimum absolute atomic E-state index is 0.263. The highest BCUT2D eigenvalue weighted by atomic mass is 32.2. The number of hydrogen-bond acceptors (Lipinski definition) is 6. The average molecular weight is 451 g/mol. The highest BCUT2D eigenvalue weighted by molar-refractivity contribution is 7.98. The van der Waals surface area contributed by atoms with Crippen LogP contribution in [0.15, 0.2) is 52.4 Å². The summed E-state index contributed by atoms with van der Waals surface area (Å²) < 4.78 is 16.9. The standard InChI is InChI=1S/C24H27FN6S/c1-29-12-14-30(15-13-29)11-10-21-27-28-22-16-26-24(17-6-3-4-7-18(17)25)23-19(31(21)22)8-5-9-20(23)32-2/h3-9H,10-16H2,1-2H3. The van der Waals surface area contributed by atoms with Gasteiger partial charge in [-0.05, 0) is 37.6 Å². The predicted molar refractivity (Wildman–Crippen MR) is 127 cm³/mol. The molecule has 2 aromatic carbocycles. The first-order valence-corrected chi connectivity index (χ1v) is 12.2. The average Bonchev–Trinajstić information content (AvgIpc) is 3.14. The molecule has 166 valence electrons. The smallest absolute Gasteiger partial charge is 0.159 e. The van der Waals surface area contributed by atoms with Crippen LogP contribution >= 0.6 is 11.8 Å². The van der Waals surface area contributed by atoms with Crippen LogP contribution in [0.25, 0.3) is 5.69 Å². The molecule has 2 aliphatic heterocycles. The van der Waals surface area contributed by atoms with Gasteiger partial charge >= 0.3 is 0 Å². The molecule has 2 aliphatic rings. The Bertz CT molecular complexity index is 1150. The van der Waals surface area contributed by atoms with Gasteiger partial charge in [-0.3, -0.25) is 9.56 Å². The molecule has 1 aromatic heterocycles. The Kier molecular flexibility index (Phi) is 6.08. The van der Waals surface area contributed by atoms with E-state index in [4.69, 9.17) is 4.99 Å². The molecule has 3 heterocycles. The van der Waals surface area contributed by atoms with Crippen molar-refractivity contribution >= 4 is 17.5 Å². The summed E-state index contributed by atoms with van der Waals surface area (Å²) >= 11 is 1.65. The topological polar surface area (TPSA) is 49.6 Å². The fourth-order valence-electron chi connectivity index (χ4n) is 4.44. The van der Waals surface area contributed by atoms with E-state index in [-0.39, 0.29) is 5.82 Å². The number of aromatic nitrogens is 3. The lowest BCUT2D eigenvalue weighted by Gasteiger charge is -2.32. The van der Waals surface area contributed by atoms with Crippen molar-refractivity contribution in [1.29, 1.82) is 0 Å². The largest absolute Gasteiger partial charge is 0.304 e. The van der Waals surface area contributed by atoms with E-state index < -0.39 is 0 Å². The van der Waals surface area contributed by atoms with Gasteiger partial charge in [0, 0.05) is 55.2 Å². The lowest BCUT2D eigenvalue weighted by atomic mass is 9.99. The molecule has 3 aromatic rings. The van der Waals surface area contributed by atoms with E-state index in [1.807, 2.05) is 18.4 Å². The summed E-state index contributed by atoms with van der Waals surface area (Å²) in [5, 5.41) is 9.01. The highest BCUT2D eigenvalue weighted by Gasteiger charge is 2.26. The van der Waals surface area contributed by atoms with Gasteiger partial charge in [0.25, 0.3) is 0 Å². The number of benzene rings is 2. The molecule has 0 bridgehead atoms. The molecule has 0 amide bonds. The Morgan fingerprint density at radius 3 is 2.59 bits per heavy atom. The monoisotopic (exact) mass is 450 g/mol. The molecule has 0 unspecified atom stereocenters. The van der Waals surface area contributed by atoms with E-state index in [1.54, 1.807) is 23.9 Å². The summed E-state index contributed by atoms with van der Waals surface area (Å²) in [4.78, 5) is 10.8. The molecule has 1 saturated heterocycles. The number of piperazine rings is 1. The van der Waals surface area contributed by atoms with Crippen LogP contribution in [-0.2, 0) is 13.0 Å². The third kappa shape index (κ3) is 3.98. The zero-order chi connectivity index (χ0) is 22.1. The normalized spacial score (nSPS) is 16.9. The second kappa shape index (κ2) is 9.13. The molecule has 0 aliphatic carbocycles. The first kappa shape index (κ1) is 21.3. The SMILES string of the molecule is CSc1cccc2c1C(c1ccccc1F)=NCc1nnc(CCN3CCN(C)CC3)n1-2. The van der Waals surface area contributed by atoms with Gasteiger partial charge in [-0.15, -0.1) is 22.0 Å². The summed E-state index contributed by atoms with van der Waals surface area (Å²) in [7, 11) is 2.17. The number of halogens is 1. The van der Waals surface area contributed by atoms with Crippen LogP contribution < -0.4 is 0 Å². The number of likely N-dealkylation sites (N-methyl/N-ethyl adjacent to an activating group) is 1. The van der Waals surface area contributed by atoms with Crippen molar-refractivity contribution in [2.24, 2.45) is 4.99 Å². The lowest BCUT2D eigenvalue weighted by Crippen LogP contribution is -2.45. The minimum Gasteiger partial charge on any atom is -0.304 e. The third-order valence-electron chi connectivity index (χ3n) is 6.25. The quantitative estimate of drug-likeness (QED) is 0.559. The van der Waals surface area contributed by atoms with Crippen LogP contribution in [0.3, 0.4) is 0 Å². The van der Waals surface area contributed by atoms with Crippen LogP contribution in [-0.4, -0.2) is 76.3 Å². The van der Waals surface area contributed by atoms with Crippen molar-refractivity contribution in [2.45, 2.75) is 17.9 Å². The Hall–Kier alpha value is -2.55. The van der Waals surface area contributed by atoms with Gasteiger partial charge in [0.2, 0.25) is 0 Å². The molecule has 0 atom stereocenters. The van der Waals surface area contributed by atoms with E-state index >= 15 is 0 Å². The number of aliphatic imine (C=N–C) groups is 1. The highest BCUT2D eigenvalue weighted by Crippen LogP contribution is 2.33. The number of hydrogen-bond donors (Lipinski definition) is 0. The number of thioether (sulfide) groups is 1. The second-order valence-corrected chi connectivity index (χ2v) is 9.11. The lowest BCUT2D eigenvalue weighted by molar-refractivity contribution is 0.155. The second-order valence-electron chi connectivity index (χ2n) is 8.26. The maximum absolute atomic E-state index is 14.8.